The van der Waals surface area contributed by atoms with E-state index in [1.807, 2.05) is 24.3 Å². The monoisotopic (exact) mass is 986 g/mol. The van der Waals surface area contributed by atoms with Crippen molar-refractivity contribution in [3.8, 4) is 16.9 Å². The number of benzene rings is 2. The molecule has 1 N–H and O–H groups in total. The number of halogens is 2. The fourth-order valence-corrected chi connectivity index (χ4v) is 6.46. The highest BCUT2D eigenvalue weighted by molar-refractivity contribution is 5.99. The van der Waals surface area contributed by atoms with E-state index < -0.39 is 41.6 Å². The molecule has 1 amide bonds. The van der Waals surface area contributed by atoms with Crippen LogP contribution in [0.4, 0.5) is 8.78 Å². The lowest BCUT2D eigenvalue weighted by Crippen LogP contribution is -2.38. The van der Waals surface area contributed by atoms with Gasteiger partial charge in [-0.1, -0.05) is 166 Å². The Bertz CT molecular complexity index is 2270. The van der Waals surface area contributed by atoms with Crippen molar-refractivity contribution in [2.45, 2.75) is 130 Å². The fourth-order valence-electron chi connectivity index (χ4n) is 6.46. The maximum absolute atomic E-state index is 14.7. The first-order valence-electron chi connectivity index (χ1n) is 25.4. The second-order valence-electron chi connectivity index (χ2n) is 16.3. The molecule has 0 saturated carbocycles. The van der Waals surface area contributed by atoms with Crippen LogP contribution in [0.3, 0.4) is 0 Å². The standard InChI is InChI=1S/C62H77F2NO7/c1-4-6-8-10-12-14-16-18-20-22-24-26-28-30-32-34-36-38-40-42-60(67)70-51-55(50-65-62(69)57-48-53(44-47-59(57)71-52(3)66)56-46-45-54(63)49-58(56)64)72-61(68)43-41-39-37-35-33-31-29-27-25-23-21-19-17-15-13-11-9-7-5-2/h6-9,12-15,18-21,24-27,30-33,36-39,44-49,55H,4-5,10-11,16-17,22-23,28-29,34-35,40-43,50-51H2,1-3H3,(H,65,69). The van der Waals surface area contributed by atoms with Crippen LogP contribution in [0.25, 0.3) is 11.1 Å². The lowest BCUT2D eigenvalue weighted by Gasteiger charge is -2.19. The zero-order valence-electron chi connectivity index (χ0n) is 42.7. The van der Waals surface area contributed by atoms with Gasteiger partial charge in [-0.25, -0.2) is 8.78 Å². The molecule has 1 unspecified atom stereocenters. The van der Waals surface area contributed by atoms with Gasteiger partial charge in [-0.15, -0.1) is 0 Å². The molecule has 72 heavy (non-hydrogen) atoms. The minimum Gasteiger partial charge on any atom is -0.462 e. The summed E-state index contributed by atoms with van der Waals surface area (Å²) in [4.78, 5) is 51.3. The van der Waals surface area contributed by atoms with Crippen LogP contribution in [-0.4, -0.2) is 43.1 Å². The molecule has 0 bridgehead atoms. The van der Waals surface area contributed by atoms with Crippen molar-refractivity contribution in [2.24, 2.45) is 0 Å². The molecule has 0 aliphatic rings. The van der Waals surface area contributed by atoms with Crippen molar-refractivity contribution >= 4 is 23.8 Å². The molecule has 0 heterocycles. The van der Waals surface area contributed by atoms with E-state index in [1.165, 1.54) is 31.2 Å². The summed E-state index contributed by atoms with van der Waals surface area (Å²) in [5.74, 6) is -4.21. The van der Waals surface area contributed by atoms with Gasteiger partial charge in [-0.3, -0.25) is 19.2 Å². The summed E-state index contributed by atoms with van der Waals surface area (Å²) in [7, 11) is 0. The average Bonchev–Trinajstić information content (AvgIpc) is 3.36. The van der Waals surface area contributed by atoms with Gasteiger partial charge in [0.2, 0.25) is 0 Å². The summed E-state index contributed by atoms with van der Waals surface area (Å²) >= 11 is 0. The minimum absolute atomic E-state index is 0.0227. The normalized spacial score (nSPS) is 13.0. The Hall–Kier alpha value is -6.94. The maximum Gasteiger partial charge on any atom is 0.308 e. The van der Waals surface area contributed by atoms with Gasteiger partial charge < -0.3 is 19.5 Å². The van der Waals surface area contributed by atoms with Crippen LogP contribution in [0.15, 0.2) is 182 Å². The first-order chi connectivity index (χ1) is 35.1. The molecule has 0 spiro atoms. The quantitative estimate of drug-likeness (QED) is 0.0411. The van der Waals surface area contributed by atoms with E-state index in [4.69, 9.17) is 14.2 Å². The molecule has 0 radical (unpaired) electrons. The summed E-state index contributed by atoms with van der Waals surface area (Å²) in [6, 6.07) is 7.13. The number of esters is 3. The van der Waals surface area contributed by atoms with E-state index in [1.54, 1.807) is 0 Å². The Morgan fingerprint density at radius 1 is 0.528 bits per heavy atom. The third-order valence-electron chi connectivity index (χ3n) is 10.2. The van der Waals surface area contributed by atoms with Gasteiger partial charge in [0, 0.05) is 31.4 Å². The Morgan fingerprint density at radius 2 is 0.944 bits per heavy atom. The second-order valence-corrected chi connectivity index (χ2v) is 16.3. The van der Waals surface area contributed by atoms with Crippen LogP contribution in [-0.2, 0) is 23.9 Å². The summed E-state index contributed by atoms with van der Waals surface area (Å²) < 4.78 is 44.8. The van der Waals surface area contributed by atoms with E-state index in [9.17, 15) is 28.0 Å². The topological polar surface area (TPSA) is 108 Å². The molecule has 2 rings (SSSR count). The first-order valence-corrected chi connectivity index (χ1v) is 25.4. The summed E-state index contributed by atoms with van der Waals surface area (Å²) in [5, 5.41) is 2.66. The van der Waals surface area contributed by atoms with E-state index in [0.717, 1.165) is 82.8 Å². The van der Waals surface area contributed by atoms with Crippen LogP contribution in [0, 0.1) is 11.6 Å². The minimum atomic E-state index is -1.06. The zero-order chi connectivity index (χ0) is 52.1. The van der Waals surface area contributed by atoms with Crippen molar-refractivity contribution in [1.82, 2.24) is 5.32 Å². The SMILES string of the molecule is CCC=CCC=CCC=CCC=CCC=CCC=CCCC(=O)OCC(CNC(=O)c1cc(-c2ccc(F)cc2F)ccc1OC(C)=O)OC(=O)CCC=CCC=CCC=CCC=CCC=CCC=CCC. The Labute approximate surface area is 428 Å². The number of hydrogen-bond donors (Lipinski definition) is 1. The van der Waals surface area contributed by atoms with Crippen molar-refractivity contribution in [1.29, 1.82) is 0 Å². The maximum atomic E-state index is 14.7. The smallest absolute Gasteiger partial charge is 0.308 e. The van der Waals surface area contributed by atoms with Crippen molar-refractivity contribution in [2.75, 3.05) is 13.2 Å². The average molecular weight is 986 g/mol. The molecule has 0 aliphatic heterocycles. The lowest BCUT2D eigenvalue weighted by atomic mass is 10.0. The van der Waals surface area contributed by atoms with Gasteiger partial charge in [-0.05, 0) is 120 Å². The molecule has 0 fully saturated rings. The third-order valence-corrected chi connectivity index (χ3v) is 10.2. The number of nitrogens with one attached hydrogen (secondary N) is 1. The van der Waals surface area contributed by atoms with Gasteiger partial charge in [-0.2, -0.15) is 0 Å². The molecule has 1 atom stereocenters. The molecular weight excluding hydrogens is 909 g/mol. The first kappa shape index (κ1) is 61.2. The number of rotatable bonds is 36. The molecule has 0 saturated heterocycles. The number of ether oxygens (including phenoxy) is 3. The van der Waals surface area contributed by atoms with Crippen LogP contribution >= 0.6 is 0 Å². The van der Waals surface area contributed by atoms with Gasteiger partial charge in [0.1, 0.15) is 24.0 Å². The van der Waals surface area contributed by atoms with Crippen LogP contribution in [0.2, 0.25) is 0 Å². The Morgan fingerprint density at radius 3 is 1.36 bits per heavy atom. The summed E-state index contributed by atoms with van der Waals surface area (Å²) in [6.07, 6.45) is 61.4. The fraction of sp³-hybridized carbons (Fsp3) is 0.355. The molecule has 0 aliphatic carbocycles. The van der Waals surface area contributed by atoms with E-state index in [-0.39, 0.29) is 48.4 Å². The van der Waals surface area contributed by atoms with Gasteiger partial charge in [0.05, 0.1) is 12.1 Å². The predicted molar refractivity (Wildman–Crippen MR) is 291 cm³/mol. The van der Waals surface area contributed by atoms with Crippen molar-refractivity contribution in [3.63, 3.8) is 0 Å². The van der Waals surface area contributed by atoms with E-state index in [2.05, 4.69) is 141 Å². The summed E-state index contributed by atoms with van der Waals surface area (Å²) in [6.45, 7) is 4.84. The number of allylic oxidation sites excluding steroid dienone is 24. The zero-order valence-corrected chi connectivity index (χ0v) is 42.7. The van der Waals surface area contributed by atoms with Gasteiger partial charge in [0.15, 0.2) is 6.10 Å². The third kappa shape index (κ3) is 32.0. The van der Waals surface area contributed by atoms with Gasteiger partial charge in [0.25, 0.3) is 5.91 Å². The highest BCUT2D eigenvalue weighted by Gasteiger charge is 2.22. The van der Waals surface area contributed by atoms with Crippen molar-refractivity contribution < 1.29 is 42.2 Å². The van der Waals surface area contributed by atoms with Crippen LogP contribution in [0.5, 0.6) is 5.75 Å². The Kier molecular flexibility index (Phi) is 35.5. The molecule has 10 heteroatoms. The van der Waals surface area contributed by atoms with Gasteiger partial charge >= 0.3 is 17.9 Å². The highest BCUT2D eigenvalue weighted by atomic mass is 19.1. The van der Waals surface area contributed by atoms with Crippen LogP contribution in [0.1, 0.15) is 134 Å². The van der Waals surface area contributed by atoms with E-state index >= 15 is 0 Å². The molecule has 0 aromatic heterocycles. The highest BCUT2D eigenvalue weighted by Crippen LogP contribution is 2.29. The Balaban J connectivity index is 1.92. The lowest BCUT2D eigenvalue weighted by molar-refractivity contribution is -0.158. The summed E-state index contributed by atoms with van der Waals surface area (Å²) in [5.41, 5.74) is 0.128. The predicted octanol–water partition coefficient (Wildman–Crippen LogP) is 15.7. The van der Waals surface area contributed by atoms with E-state index in [0.29, 0.717) is 19.3 Å². The van der Waals surface area contributed by atoms with Crippen LogP contribution < -0.4 is 10.1 Å². The second kappa shape index (κ2) is 41.8. The van der Waals surface area contributed by atoms with Crippen molar-refractivity contribution in [3.05, 3.63) is 199 Å². The molecule has 8 nitrogen and oxygen atoms in total. The molecular formula is C62H77F2NO7. The number of carbonyl (C=O) groups excluding carboxylic acids is 4. The number of carbonyl (C=O) groups is 4. The molecule has 2 aromatic carbocycles. The molecule has 2 aromatic rings. The number of amides is 1. The number of hydrogen-bond acceptors (Lipinski definition) is 7. The molecule has 386 valence electrons. The largest absolute Gasteiger partial charge is 0.462 e.